The van der Waals surface area contributed by atoms with Crippen LogP contribution in [0.4, 0.5) is 0 Å². The molecule has 4 nitrogen and oxygen atoms in total. The van der Waals surface area contributed by atoms with Gasteiger partial charge in [-0.25, -0.2) is 4.79 Å². The Bertz CT molecular complexity index is 136. The van der Waals surface area contributed by atoms with Gasteiger partial charge >= 0.3 is 5.97 Å². The van der Waals surface area contributed by atoms with E-state index in [1.54, 1.807) is 0 Å². The molecule has 0 fully saturated rings. The zero-order valence-corrected chi connectivity index (χ0v) is 9.08. The van der Waals surface area contributed by atoms with Crippen molar-refractivity contribution in [1.29, 1.82) is 0 Å². The highest BCUT2D eigenvalue weighted by Crippen LogP contribution is 1.92. The van der Waals surface area contributed by atoms with Crippen molar-refractivity contribution in [3.63, 3.8) is 0 Å². The van der Waals surface area contributed by atoms with E-state index in [1.165, 1.54) is 0 Å². The minimum absolute atomic E-state index is 0.305. The predicted molar refractivity (Wildman–Crippen MR) is 52.7 cm³/mol. The van der Waals surface area contributed by atoms with Crippen molar-refractivity contribution in [1.82, 2.24) is 0 Å². The third-order valence-corrected chi connectivity index (χ3v) is 1.56. The minimum atomic E-state index is -0.318. The summed E-state index contributed by atoms with van der Waals surface area (Å²) in [6.45, 7) is 5.53. The Morgan fingerprint density at radius 2 is 1.86 bits per heavy atom. The number of hydrogen-bond acceptors (Lipinski definition) is 4. The summed E-state index contributed by atoms with van der Waals surface area (Å²) in [5.41, 5.74) is 0. The van der Waals surface area contributed by atoms with Crippen LogP contribution in [-0.4, -0.2) is 25.8 Å². The molecule has 0 atom stereocenters. The first kappa shape index (κ1) is 13.4. The molecule has 4 heteroatoms. The van der Waals surface area contributed by atoms with E-state index in [1.807, 2.05) is 6.92 Å². The van der Waals surface area contributed by atoms with Gasteiger partial charge in [-0.05, 0) is 12.8 Å². The summed E-state index contributed by atoms with van der Waals surface area (Å²) in [4.78, 5) is 19.9. The van der Waals surface area contributed by atoms with Crippen LogP contribution in [0.1, 0.15) is 39.5 Å². The summed E-state index contributed by atoms with van der Waals surface area (Å²) in [6.07, 6.45) is 3.34. The van der Waals surface area contributed by atoms with E-state index in [0.717, 1.165) is 25.9 Å². The second kappa shape index (κ2) is 10.5. The molecule has 0 unspecified atom stereocenters. The van der Waals surface area contributed by atoms with Crippen molar-refractivity contribution in [2.45, 2.75) is 39.5 Å². The van der Waals surface area contributed by atoms with E-state index in [9.17, 15) is 4.79 Å². The Morgan fingerprint density at radius 1 is 1.07 bits per heavy atom. The molecule has 0 aromatic carbocycles. The van der Waals surface area contributed by atoms with E-state index < -0.39 is 0 Å². The van der Waals surface area contributed by atoms with Crippen molar-refractivity contribution >= 4 is 5.97 Å². The van der Waals surface area contributed by atoms with Crippen LogP contribution in [0, 0.1) is 0 Å². The number of carbonyl (C=O) groups excluding carboxylic acids is 1. The van der Waals surface area contributed by atoms with Crippen LogP contribution in [0.25, 0.3) is 0 Å². The molecule has 0 aromatic heterocycles. The molecule has 0 aliphatic heterocycles. The van der Waals surface area contributed by atoms with Crippen molar-refractivity contribution in [2.75, 3.05) is 19.8 Å². The molecular weight excluding hydrogens is 184 g/mol. The number of unbranched alkanes of at least 4 members (excludes halogenated alkanes) is 1. The summed E-state index contributed by atoms with van der Waals surface area (Å²) in [7, 11) is 0. The van der Waals surface area contributed by atoms with Gasteiger partial charge in [0.2, 0.25) is 0 Å². The lowest BCUT2D eigenvalue weighted by atomic mass is 10.3. The SMILES string of the molecule is CCCCOCCOOC(=O)CCC. The zero-order valence-electron chi connectivity index (χ0n) is 9.08. The topological polar surface area (TPSA) is 44.8 Å². The lowest BCUT2D eigenvalue weighted by Crippen LogP contribution is -2.09. The summed E-state index contributed by atoms with van der Waals surface area (Å²) >= 11 is 0. The van der Waals surface area contributed by atoms with Gasteiger partial charge in [0.25, 0.3) is 0 Å². The van der Waals surface area contributed by atoms with Gasteiger partial charge in [-0.15, -0.1) is 0 Å². The fourth-order valence-corrected chi connectivity index (χ4v) is 0.795. The summed E-state index contributed by atoms with van der Waals surface area (Å²) in [5.74, 6) is -0.318. The molecule has 0 bridgehead atoms. The fourth-order valence-electron chi connectivity index (χ4n) is 0.795. The Hall–Kier alpha value is -0.610. The van der Waals surface area contributed by atoms with Crippen molar-refractivity contribution in [2.24, 2.45) is 0 Å². The molecule has 0 saturated heterocycles. The van der Waals surface area contributed by atoms with Crippen LogP contribution in [0.5, 0.6) is 0 Å². The molecule has 0 aromatic rings. The Morgan fingerprint density at radius 3 is 2.50 bits per heavy atom. The molecular formula is C10H20O4. The fraction of sp³-hybridized carbons (Fsp3) is 0.900. The van der Waals surface area contributed by atoms with Gasteiger partial charge in [0.15, 0.2) is 0 Å². The van der Waals surface area contributed by atoms with Gasteiger partial charge < -0.3 is 4.74 Å². The lowest BCUT2D eigenvalue weighted by Gasteiger charge is -2.03. The molecule has 0 rings (SSSR count). The van der Waals surface area contributed by atoms with Crippen molar-refractivity contribution < 1.29 is 19.3 Å². The largest absolute Gasteiger partial charge is 0.379 e. The van der Waals surface area contributed by atoms with Crippen molar-refractivity contribution in [3.8, 4) is 0 Å². The summed E-state index contributed by atoms with van der Waals surface area (Å²) in [6, 6.07) is 0. The van der Waals surface area contributed by atoms with Crippen LogP contribution in [0.15, 0.2) is 0 Å². The summed E-state index contributed by atoms with van der Waals surface area (Å²) in [5, 5.41) is 0. The number of ether oxygens (including phenoxy) is 1. The van der Waals surface area contributed by atoms with Crippen molar-refractivity contribution in [3.05, 3.63) is 0 Å². The van der Waals surface area contributed by atoms with Gasteiger partial charge in [-0.2, -0.15) is 4.89 Å². The smallest absolute Gasteiger partial charge is 0.342 e. The average molecular weight is 204 g/mol. The first-order valence-electron chi connectivity index (χ1n) is 5.21. The van der Waals surface area contributed by atoms with Crippen LogP contribution < -0.4 is 0 Å². The maximum atomic E-state index is 10.8. The number of hydrogen-bond donors (Lipinski definition) is 0. The quantitative estimate of drug-likeness (QED) is 0.327. The molecule has 0 N–H and O–H groups in total. The molecule has 14 heavy (non-hydrogen) atoms. The molecule has 0 spiro atoms. The van der Waals surface area contributed by atoms with E-state index in [4.69, 9.17) is 4.74 Å². The molecule has 0 aliphatic rings. The molecule has 0 aliphatic carbocycles. The molecule has 0 saturated carbocycles. The maximum absolute atomic E-state index is 10.8. The van der Waals surface area contributed by atoms with Gasteiger partial charge in [-0.3, -0.25) is 4.89 Å². The van der Waals surface area contributed by atoms with E-state index in [-0.39, 0.29) is 5.97 Å². The predicted octanol–water partition coefficient (Wildman–Crippen LogP) is 2.08. The van der Waals surface area contributed by atoms with Crippen LogP contribution in [-0.2, 0) is 19.3 Å². The van der Waals surface area contributed by atoms with Gasteiger partial charge in [0.05, 0.1) is 6.61 Å². The molecule has 0 heterocycles. The zero-order chi connectivity index (χ0) is 10.6. The third-order valence-electron chi connectivity index (χ3n) is 1.56. The molecule has 0 amide bonds. The second-order valence-electron chi connectivity index (χ2n) is 2.99. The maximum Gasteiger partial charge on any atom is 0.342 e. The molecule has 0 radical (unpaired) electrons. The van der Waals surface area contributed by atoms with Crippen LogP contribution >= 0.6 is 0 Å². The van der Waals surface area contributed by atoms with Crippen LogP contribution in [0.2, 0.25) is 0 Å². The lowest BCUT2D eigenvalue weighted by molar-refractivity contribution is -0.276. The number of rotatable bonds is 9. The third kappa shape index (κ3) is 9.48. The summed E-state index contributed by atoms with van der Waals surface area (Å²) < 4.78 is 5.20. The standard InChI is InChI=1S/C10H20O4/c1-3-5-7-12-8-9-13-14-10(11)6-4-2/h3-9H2,1-2H3. The Balaban J connectivity index is 3.01. The molecule has 84 valence electrons. The second-order valence-corrected chi connectivity index (χ2v) is 2.99. The highest BCUT2D eigenvalue weighted by atomic mass is 17.2. The normalized spacial score (nSPS) is 10.1. The van der Waals surface area contributed by atoms with Gasteiger partial charge in [0, 0.05) is 13.0 Å². The van der Waals surface area contributed by atoms with E-state index in [2.05, 4.69) is 16.7 Å². The van der Waals surface area contributed by atoms with E-state index >= 15 is 0 Å². The first-order valence-corrected chi connectivity index (χ1v) is 5.21. The highest BCUT2D eigenvalue weighted by molar-refractivity contribution is 5.68. The van der Waals surface area contributed by atoms with Gasteiger partial charge in [-0.1, -0.05) is 20.3 Å². The average Bonchev–Trinajstić information content (AvgIpc) is 2.17. The highest BCUT2D eigenvalue weighted by Gasteiger charge is 2.00. The minimum Gasteiger partial charge on any atom is -0.379 e. The Kier molecular flexibility index (Phi) is 10.0. The monoisotopic (exact) mass is 204 g/mol. The first-order chi connectivity index (χ1) is 6.81. The van der Waals surface area contributed by atoms with Gasteiger partial charge in [0.1, 0.15) is 6.61 Å². The van der Waals surface area contributed by atoms with Crippen LogP contribution in [0.3, 0.4) is 0 Å². The Labute approximate surface area is 85.5 Å². The van der Waals surface area contributed by atoms with E-state index in [0.29, 0.717) is 19.6 Å². The number of carbonyl (C=O) groups is 1.